The van der Waals surface area contributed by atoms with Crippen LogP contribution >= 0.6 is 0 Å². The molecule has 14 heavy (non-hydrogen) atoms. The lowest BCUT2D eigenvalue weighted by Crippen LogP contribution is -2.17. The van der Waals surface area contributed by atoms with E-state index >= 15 is 0 Å². The van der Waals surface area contributed by atoms with E-state index in [1.54, 1.807) is 11.1 Å². The third-order valence-electron chi connectivity index (χ3n) is 3.66. The van der Waals surface area contributed by atoms with Crippen LogP contribution in [-0.4, -0.2) is 25.5 Å². The Labute approximate surface area is 88.5 Å². The maximum atomic E-state index is 2.29. The molecular formula is C13H23N. The molecule has 0 aliphatic heterocycles. The van der Waals surface area contributed by atoms with Crippen LogP contribution in [-0.2, 0) is 0 Å². The lowest BCUT2D eigenvalue weighted by molar-refractivity contribution is 0.381. The Balaban J connectivity index is 2.72. The quantitative estimate of drug-likeness (QED) is 0.665. The van der Waals surface area contributed by atoms with Gasteiger partial charge in [0.05, 0.1) is 0 Å². The molecule has 0 unspecified atom stereocenters. The van der Waals surface area contributed by atoms with Crippen molar-refractivity contribution in [1.29, 1.82) is 0 Å². The normalized spacial score (nSPS) is 19.1. The molecule has 0 fully saturated rings. The van der Waals surface area contributed by atoms with E-state index < -0.39 is 0 Å². The van der Waals surface area contributed by atoms with E-state index in [4.69, 9.17) is 0 Å². The number of hydrogen-bond donors (Lipinski definition) is 0. The first-order valence-electron chi connectivity index (χ1n) is 5.45. The molecule has 1 rings (SSSR count). The minimum atomic E-state index is 0.706. The summed E-state index contributed by atoms with van der Waals surface area (Å²) < 4.78 is 0. The van der Waals surface area contributed by atoms with E-state index in [2.05, 4.69) is 46.7 Å². The minimum absolute atomic E-state index is 0.706. The molecule has 0 spiro atoms. The van der Waals surface area contributed by atoms with Gasteiger partial charge in [-0.3, -0.25) is 0 Å². The van der Waals surface area contributed by atoms with Crippen LogP contribution in [0, 0.1) is 5.92 Å². The molecule has 0 amide bonds. The van der Waals surface area contributed by atoms with Gasteiger partial charge in [0, 0.05) is 5.92 Å². The van der Waals surface area contributed by atoms with Gasteiger partial charge < -0.3 is 4.90 Å². The zero-order valence-electron chi connectivity index (χ0n) is 10.4. The number of nitrogens with zero attached hydrogens (tertiary/aromatic N) is 1. The smallest absolute Gasteiger partial charge is 0.00252 e. The lowest BCUT2D eigenvalue weighted by Gasteiger charge is -2.17. The highest BCUT2D eigenvalue weighted by atomic mass is 15.0. The summed E-state index contributed by atoms with van der Waals surface area (Å²) in [5.74, 6) is 0.706. The van der Waals surface area contributed by atoms with Crippen LogP contribution < -0.4 is 0 Å². The molecule has 1 aliphatic carbocycles. The second kappa shape index (κ2) is 4.31. The van der Waals surface area contributed by atoms with Gasteiger partial charge in [0.1, 0.15) is 0 Å². The number of rotatable bonds is 3. The maximum Gasteiger partial charge on any atom is 0.00252 e. The molecule has 80 valence electrons. The Morgan fingerprint density at radius 3 is 1.71 bits per heavy atom. The van der Waals surface area contributed by atoms with Crippen molar-refractivity contribution < 1.29 is 0 Å². The van der Waals surface area contributed by atoms with Crippen molar-refractivity contribution in [3.63, 3.8) is 0 Å². The van der Waals surface area contributed by atoms with Gasteiger partial charge >= 0.3 is 0 Å². The SMILES string of the molecule is CC1=C(C)C(CCN(C)C)C(C)=C1C. The van der Waals surface area contributed by atoms with Gasteiger partial charge in [0.2, 0.25) is 0 Å². The zero-order chi connectivity index (χ0) is 10.9. The van der Waals surface area contributed by atoms with Gasteiger partial charge in [-0.05, 0) is 65.9 Å². The summed E-state index contributed by atoms with van der Waals surface area (Å²) in [4.78, 5) is 2.27. The van der Waals surface area contributed by atoms with Gasteiger partial charge in [-0.2, -0.15) is 0 Å². The van der Waals surface area contributed by atoms with Crippen molar-refractivity contribution >= 4 is 0 Å². The molecule has 0 aromatic carbocycles. The second-order valence-corrected chi connectivity index (χ2v) is 4.76. The molecule has 0 aromatic rings. The largest absolute Gasteiger partial charge is 0.309 e. The van der Waals surface area contributed by atoms with E-state index in [-0.39, 0.29) is 0 Å². The fourth-order valence-corrected chi connectivity index (χ4v) is 2.26. The summed E-state index contributed by atoms with van der Waals surface area (Å²) in [5.41, 5.74) is 6.21. The van der Waals surface area contributed by atoms with Gasteiger partial charge in [-0.1, -0.05) is 11.1 Å². The van der Waals surface area contributed by atoms with Crippen LogP contribution in [0.15, 0.2) is 22.3 Å². The average Bonchev–Trinajstić information content (AvgIpc) is 2.29. The van der Waals surface area contributed by atoms with Crippen LogP contribution in [0.3, 0.4) is 0 Å². The number of allylic oxidation sites excluding steroid dienone is 4. The Hall–Kier alpha value is -0.560. The monoisotopic (exact) mass is 193 g/mol. The van der Waals surface area contributed by atoms with Crippen molar-refractivity contribution in [3.8, 4) is 0 Å². The molecule has 1 aliphatic rings. The van der Waals surface area contributed by atoms with Crippen LogP contribution in [0.5, 0.6) is 0 Å². The Bertz CT molecular complexity index is 258. The van der Waals surface area contributed by atoms with E-state index in [0.29, 0.717) is 5.92 Å². The van der Waals surface area contributed by atoms with Gasteiger partial charge in [-0.25, -0.2) is 0 Å². The molecule has 0 bridgehead atoms. The average molecular weight is 193 g/mol. The van der Waals surface area contributed by atoms with Crippen LogP contribution in [0.25, 0.3) is 0 Å². The summed E-state index contributed by atoms with van der Waals surface area (Å²) in [5, 5.41) is 0. The molecular weight excluding hydrogens is 170 g/mol. The summed E-state index contributed by atoms with van der Waals surface area (Å²) in [6.07, 6.45) is 1.26. The summed E-state index contributed by atoms with van der Waals surface area (Å²) in [6, 6.07) is 0. The summed E-state index contributed by atoms with van der Waals surface area (Å²) >= 11 is 0. The van der Waals surface area contributed by atoms with Crippen molar-refractivity contribution in [2.45, 2.75) is 34.1 Å². The molecule has 0 heterocycles. The zero-order valence-corrected chi connectivity index (χ0v) is 10.4. The predicted molar refractivity (Wildman–Crippen MR) is 63.4 cm³/mol. The van der Waals surface area contributed by atoms with E-state index in [9.17, 15) is 0 Å². The van der Waals surface area contributed by atoms with Gasteiger partial charge in [0.15, 0.2) is 0 Å². The maximum absolute atomic E-state index is 2.29. The van der Waals surface area contributed by atoms with Crippen molar-refractivity contribution in [2.24, 2.45) is 5.92 Å². The van der Waals surface area contributed by atoms with Crippen LogP contribution in [0.1, 0.15) is 34.1 Å². The Morgan fingerprint density at radius 2 is 1.36 bits per heavy atom. The third-order valence-corrected chi connectivity index (χ3v) is 3.66. The highest BCUT2D eigenvalue weighted by molar-refractivity contribution is 5.46. The highest BCUT2D eigenvalue weighted by Gasteiger charge is 2.23. The second-order valence-electron chi connectivity index (χ2n) is 4.76. The molecule has 0 aromatic heterocycles. The Morgan fingerprint density at radius 1 is 0.929 bits per heavy atom. The van der Waals surface area contributed by atoms with Crippen molar-refractivity contribution in [2.75, 3.05) is 20.6 Å². The van der Waals surface area contributed by atoms with Crippen LogP contribution in [0.2, 0.25) is 0 Å². The first-order valence-corrected chi connectivity index (χ1v) is 5.45. The topological polar surface area (TPSA) is 3.24 Å². The van der Waals surface area contributed by atoms with E-state index in [0.717, 1.165) is 0 Å². The van der Waals surface area contributed by atoms with Gasteiger partial charge in [-0.15, -0.1) is 0 Å². The van der Waals surface area contributed by atoms with Crippen molar-refractivity contribution in [1.82, 2.24) is 4.90 Å². The first-order chi connectivity index (χ1) is 6.45. The molecule has 1 nitrogen and oxygen atoms in total. The Kier molecular flexibility index (Phi) is 3.54. The fourth-order valence-electron chi connectivity index (χ4n) is 2.26. The minimum Gasteiger partial charge on any atom is -0.309 e. The molecule has 1 heteroatoms. The standard InChI is InChI=1S/C13H23N/c1-9-10(2)12(4)13(11(9)3)7-8-14(5)6/h13H,7-8H2,1-6H3. The lowest BCUT2D eigenvalue weighted by atomic mass is 9.93. The summed E-state index contributed by atoms with van der Waals surface area (Å²) in [6.45, 7) is 10.3. The van der Waals surface area contributed by atoms with Gasteiger partial charge in [0.25, 0.3) is 0 Å². The first kappa shape index (κ1) is 11.5. The molecule has 0 radical (unpaired) electrons. The summed E-state index contributed by atoms with van der Waals surface area (Å²) in [7, 11) is 4.29. The molecule has 0 saturated carbocycles. The van der Waals surface area contributed by atoms with E-state index in [1.165, 1.54) is 24.1 Å². The fraction of sp³-hybridized carbons (Fsp3) is 0.692. The number of hydrogen-bond acceptors (Lipinski definition) is 1. The van der Waals surface area contributed by atoms with Crippen molar-refractivity contribution in [3.05, 3.63) is 22.3 Å². The van der Waals surface area contributed by atoms with Crippen LogP contribution in [0.4, 0.5) is 0 Å². The van der Waals surface area contributed by atoms with E-state index in [1.807, 2.05) is 0 Å². The molecule has 0 N–H and O–H groups in total. The third kappa shape index (κ3) is 2.09. The molecule has 0 atom stereocenters. The highest BCUT2D eigenvalue weighted by Crippen LogP contribution is 2.38. The molecule has 0 saturated heterocycles. The predicted octanol–water partition coefficient (Wildman–Crippen LogP) is 3.24.